The zero-order valence-corrected chi connectivity index (χ0v) is 32.7. The van der Waals surface area contributed by atoms with Crippen LogP contribution in [0.3, 0.4) is 0 Å². The van der Waals surface area contributed by atoms with Gasteiger partial charge in [0, 0.05) is 52.8 Å². The van der Waals surface area contributed by atoms with E-state index in [0.29, 0.717) is 42.6 Å². The van der Waals surface area contributed by atoms with Crippen molar-refractivity contribution in [3.05, 3.63) is 104 Å². The maximum Gasteiger partial charge on any atom is 0.214 e. The third kappa shape index (κ3) is 8.12. The van der Waals surface area contributed by atoms with Gasteiger partial charge in [-0.1, -0.05) is 24.3 Å². The summed E-state index contributed by atoms with van der Waals surface area (Å²) in [5.41, 5.74) is 11.4. The van der Waals surface area contributed by atoms with Gasteiger partial charge in [0.05, 0.1) is 46.8 Å². The van der Waals surface area contributed by atoms with Crippen LogP contribution < -0.4 is 15.2 Å². The van der Waals surface area contributed by atoms with Crippen LogP contribution in [-0.2, 0) is 13.1 Å². The fourth-order valence-electron chi connectivity index (χ4n) is 7.36. The van der Waals surface area contributed by atoms with Crippen LogP contribution in [0.1, 0.15) is 53.4 Å². The Balaban J connectivity index is 0.000000148. The van der Waals surface area contributed by atoms with Crippen molar-refractivity contribution in [2.24, 2.45) is 0 Å². The van der Waals surface area contributed by atoms with Crippen LogP contribution in [0.25, 0.3) is 65.9 Å². The summed E-state index contributed by atoms with van der Waals surface area (Å²) in [5, 5.41) is 25.9. The van der Waals surface area contributed by atoms with Crippen molar-refractivity contribution < 1.29 is 19.7 Å². The number of nitrogen functional groups attached to an aromatic ring is 1. The average molecular weight is 762 g/mol. The minimum atomic E-state index is -0.881. The first kappa shape index (κ1) is 36.6. The highest BCUT2D eigenvalue weighted by Gasteiger charge is 2.25. The first-order valence-corrected chi connectivity index (χ1v) is 19.6. The molecule has 8 aromatic rings. The fraction of sp³-hybridized carbons (Fsp3) is 0.304. The lowest BCUT2D eigenvalue weighted by atomic mass is 10.0. The van der Waals surface area contributed by atoms with Crippen molar-refractivity contribution in [2.45, 2.75) is 89.9 Å². The Labute approximate surface area is 330 Å². The number of aromatic nitrogens is 6. The predicted molar refractivity (Wildman–Crippen MR) is 225 cm³/mol. The van der Waals surface area contributed by atoms with Crippen molar-refractivity contribution >= 4 is 49.4 Å². The van der Waals surface area contributed by atoms with E-state index in [9.17, 15) is 10.2 Å². The molecule has 11 nitrogen and oxygen atoms in total. The minimum absolute atomic E-state index is 0.323. The Hall–Kier alpha value is -6.04. The van der Waals surface area contributed by atoms with Gasteiger partial charge in [-0.15, -0.1) is 0 Å². The Bertz CT molecular complexity index is 2770. The molecule has 0 saturated heterocycles. The molecule has 5 heterocycles. The zero-order chi connectivity index (χ0) is 39.5. The molecule has 5 aromatic heterocycles. The van der Waals surface area contributed by atoms with E-state index in [1.807, 2.05) is 61.1 Å². The van der Waals surface area contributed by atoms with Gasteiger partial charge in [-0.3, -0.25) is 4.98 Å². The van der Waals surface area contributed by atoms with E-state index in [1.165, 1.54) is 29.9 Å². The monoisotopic (exact) mass is 761 g/mol. The van der Waals surface area contributed by atoms with Crippen molar-refractivity contribution in [1.29, 1.82) is 0 Å². The number of fused-ring (bicyclic) bond motifs is 4. The molecule has 0 spiro atoms. The number of hydrogen-bond acceptors (Lipinski definition) is 9. The molecule has 290 valence electrons. The molecule has 11 heteroatoms. The number of nitrogens with two attached hydrogens (primary N) is 1. The van der Waals surface area contributed by atoms with Gasteiger partial charge in [0.25, 0.3) is 0 Å². The molecule has 2 fully saturated rings. The summed E-state index contributed by atoms with van der Waals surface area (Å²) in [6, 6.07) is 24.9. The number of nitrogens with zero attached hydrogens (tertiary/aromatic N) is 6. The molecule has 3 aromatic carbocycles. The number of benzene rings is 3. The number of ether oxygens (including phenoxy) is 2. The van der Waals surface area contributed by atoms with Crippen molar-refractivity contribution in [2.75, 3.05) is 5.73 Å². The van der Waals surface area contributed by atoms with Crippen LogP contribution in [-0.4, -0.2) is 62.7 Å². The second-order valence-electron chi connectivity index (χ2n) is 16.7. The molecule has 0 atom stereocenters. The van der Waals surface area contributed by atoms with Crippen LogP contribution in [0, 0.1) is 0 Å². The number of anilines is 1. The van der Waals surface area contributed by atoms with Gasteiger partial charge in [-0.2, -0.15) is 0 Å². The first-order chi connectivity index (χ1) is 27.3. The number of rotatable bonds is 10. The standard InChI is InChI=1S/C24H24N2O2.C22H23N5O2/c1-24(2,27)15-26-14-22(21-13-25-10-9-23(21)26)18-4-3-17-12-20(28-19-7-8-19)6-5-16(17)11-18;1-22(2,28)11-27-10-16(19-20(23)24-12-25-21(19)27)13-3-7-17-14(9-13)4-8-18(26-17)29-15-5-6-15/h3-6,9-14,19,27H,7-8,15H2,1-2H3;3-4,7-10,12,15,28H,5-6,11H2,1-2H3,(H2,23,24,25). The van der Waals surface area contributed by atoms with E-state index in [4.69, 9.17) is 15.2 Å². The molecule has 0 aliphatic heterocycles. The van der Waals surface area contributed by atoms with Crippen molar-refractivity contribution in [3.8, 4) is 33.9 Å². The highest BCUT2D eigenvalue weighted by molar-refractivity contribution is 6.02. The zero-order valence-electron chi connectivity index (χ0n) is 32.7. The molecule has 2 aliphatic carbocycles. The molecule has 2 aliphatic rings. The van der Waals surface area contributed by atoms with Crippen LogP contribution in [0.5, 0.6) is 11.6 Å². The van der Waals surface area contributed by atoms with Gasteiger partial charge in [0.1, 0.15) is 29.6 Å². The maximum absolute atomic E-state index is 10.3. The predicted octanol–water partition coefficient (Wildman–Crippen LogP) is 8.71. The summed E-state index contributed by atoms with van der Waals surface area (Å²) in [7, 11) is 0. The molecular weight excluding hydrogens is 715 g/mol. The lowest BCUT2D eigenvalue weighted by Crippen LogP contribution is -2.25. The quantitative estimate of drug-likeness (QED) is 0.125. The Kier molecular flexibility index (Phi) is 9.09. The summed E-state index contributed by atoms with van der Waals surface area (Å²) < 4.78 is 15.8. The largest absolute Gasteiger partial charge is 0.490 e. The maximum atomic E-state index is 10.3. The Morgan fingerprint density at radius 1 is 0.719 bits per heavy atom. The first-order valence-electron chi connectivity index (χ1n) is 19.6. The summed E-state index contributed by atoms with van der Waals surface area (Å²) in [5.74, 6) is 2.05. The lowest BCUT2D eigenvalue weighted by molar-refractivity contribution is 0.0621. The highest BCUT2D eigenvalue weighted by Crippen LogP contribution is 2.37. The fourth-order valence-corrected chi connectivity index (χ4v) is 7.36. The molecule has 0 amide bonds. The number of pyridine rings is 2. The summed E-state index contributed by atoms with van der Waals surface area (Å²) in [4.78, 5) is 17.5. The normalized spacial score (nSPS) is 14.6. The smallest absolute Gasteiger partial charge is 0.214 e. The second-order valence-corrected chi connectivity index (χ2v) is 16.7. The topological polar surface area (TPSA) is 146 Å². The van der Waals surface area contributed by atoms with Crippen LogP contribution in [0.2, 0.25) is 0 Å². The molecular formula is C46H47N7O4. The molecule has 57 heavy (non-hydrogen) atoms. The molecule has 0 bridgehead atoms. The van der Waals surface area contributed by atoms with Crippen molar-refractivity contribution in [3.63, 3.8) is 0 Å². The molecule has 0 radical (unpaired) electrons. The summed E-state index contributed by atoms with van der Waals surface area (Å²) >= 11 is 0. The Morgan fingerprint density at radius 2 is 1.37 bits per heavy atom. The van der Waals surface area contributed by atoms with Crippen molar-refractivity contribution in [1.82, 2.24) is 29.1 Å². The summed E-state index contributed by atoms with van der Waals surface area (Å²) in [6.07, 6.45) is 14.5. The SMILES string of the molecule is CC(C)(O)Cn1cc(-c2ccc3cc(OC4CC4)ccc3c2)c2cnccc21.CC(C)(O)Cn1cc(-c2ccc3nc(OC4CC4)ccc3c2)c2c(N)ncnc21. The van der Waals surface area contributed by atoms with Crippen LogP contribution in [0.4, 0.5) is 5.82 Å². The Morgan fingerprint density at radius 3 is 2.14 bits per heavy atom. The van der Waals surface area contributed by atoms with E-state index < -0.39 is 11.2 Å². The molecule has 2 saturated carbocycles. The lowest BCUT2D eigenvalue weighted by Gasteiger charge is -2.18. The third-order valence-corrected chi connectivity index (χ3v) is 10.2. The third-order valence-electron chi connectivity index (χ3n) is 10.2. The minimum Gasteiger partial charge on any atom is -0.490 e. The van der Waals surface area contributed by atoms with E-state index in [-0.39, 0.29) is 0 Å². The van der Waals surface area contributed by atoms with Crippen LogP contribution in [0.15, 0.2) is 104 Å². The van der Waals surface area contributed by atoms with E-state index in [0.717, 1.165) is 68.0 Å². The second kappa shape index (κ2) is 14.2. The van der Waals surface area contributed by atoms with E-state index in [1.54, 1.807) is 20.0 Å². The number of aliphatic hydroxyl groups is 2. The van der Waals surface area contributed by atoms with Gasteiger partial charge in [0.2, 0.25) is 5.88 Å². The van der Waals surface area contributed by atoms with Gasteiger partial charge in [0.15, 0.2) is 0 Å². The van der Waals surface area contributed by atoms with Gasteiger partial charge < -0.3 is 34.6 Å². The molecule has 0 unspecified atom stereocenters. The van der Waals surface area contributed by atoms with E-state index in [2.05, 4.69) is 73.2 Å². The van der Waals surface area contributed by atoms with Gasteiger partial charge in [-0.25, -0.2) is 15.0 Å². The summed E-state index contributed by atoms with van der Waals surface area (Å²) in [6.45, 7) is 8.13. The number of hydrogen-bond donors (Lipinski definition) is 3. The molecule has 4 N–H and O–H groups in total. The van der Waals surface area contributed by atoms with Gasteiger partial charge >= 0.3 is 0 Å². The average Bonchev–Trinajstić information content (AvgIpc) is 4.11. The van der Waals surface area contributed by atoms with Gasteiger partial charge in [-0.05, 0) is 118 Å². The molecule has 10 rings (SSSR count). The van der Waals surface area contributed by atoms with E-state index >= 15 is 0 Å². The van der Waals surface area contributed by atoms with Crippen LogP contribution >= 0.6 is 0 Å². The highest BCUT2D eigenvalue weighted by atomic mass is 16.5.